The van der Waals surface area contributed by atoms with Crippen LogP contribution in [0.5, 0.6) is 0 Å². The molecule has 92 valence electrons. The molecule has 0 spiro atoms. The van der Waals surface area contributed by atoms with Gasteiger partial charge in [0, 0.05) is 24.2 Å². The lowest BCUT2D eigenvalue weighted by molar-refractivity contribution is 0.142. The van der Waals surface area contributed by atoms with E-state index in [0.717, 1.165) is 23.0 Å². The summed E-state index contributed by atoms with van der Waals surface area (Å²) in [6.07, 6.45) is 10.8. The molecule has 0 amide bonds. The van der Waals surface area contributed by atoms with Crippen LogP contribution < -0.4 is 0 Å². The van der Waals surface area contributed by atoms with E-state index in [1.165, 1.54) is 25.7 Å². The molecule has 0 aliphatic heterocycles. The van der Waals surface area contributed by atoms with Crippen molar-refractivity contribution in [1.82, 2.24) is 9.38 Å². The predicted molar refractivity (Wildman–Crippen MR) is 69.4 cm³/mol. The Kier molecular flexibility index (Phi) is 3.16. The number of imidazole rings is 1. The SMILES string of the molecule is OC(Cc1cn2ccsc2n1)CC1CCCC1. The van der Waals surface area contributed by atoms with Crippen LogP contribution in [-0.4, -0.2) is 20.6 Å². The number of nitrogens with zero attached hydrogens (tertiary/aromatic N) is 2. The summed E-state index contributed by atoms with van der Waals surface area (Å²) < 4.78 is 2.03. The first-order valence-electron chi connectivity index (χ1n) is 6.40. The lowest BCUT2D eigenvalue weighted by Crippen LogP contribution is -2.14. The standard InChI is InChI=1S/C13H18N2OS/c16-12(7-10-3-1-2-4-10)8-11-9-15-5-6-17-13(15)14-11/h5-6,9-10,12,16H,1-4,7-8H2. The lowest BCUT2D eigenvalue weighted by Gasteiger charge is -2.13. The summed E-state index contributed by atoms with van der Waals surface area (Å²) in [4.78, 5) is 5.53. The highest BCUT2D eigenvalue weighted by Gasteiger charge is 2.19. The average Bonchev–Trinajstić information content (AvgIpc) is 2.92. The van der Waals surface area contributed by atoms with Gasteiger partial charge in [0.25, 0.3) is 0 Å². The maximum absolute atomic E-state index is 10.1. The number of hydrogen-bond donors (Lipinski definition) is 1. The van der Waals surface area contributed by atoms with Gasteiger partial charge >= 0.3 is 0 Å². The van der Waals surface area contributed by atoms with Crippen molar-refractivity contribution in [3.63, 3.8) is 0 Å². The van der Waals surface area contributed by atoms with Crippen molar-refractivity contribution in [2.75, 3.05) is 0 Å². The van der Waals surface area contributed by atoms with Crippen molar-refractivity contribution >= 4 is 16.3 Å². The van der Waals surface area contributed by atoms with Crippen molar-refractivity contribution in [1.29, 1.82) is 0 Å². The summed E-state index contributed by atoms with van der Waals surface area (Å²) in [5.41, 5.74) is 1.02. The Morgan fingerprint density at radius 3 is 3.06 bits per heavy atom. The third-order valence-electron chi connectivity index (χ3n) is 3.67. The molecule has 1 N–H and O–H groups in total. The van der Waals surface area contributed by atoms with E-state index in [9.17, 15) is 5.11 Å². The van der Waals surface area contributed by atoms with Crippen LogP contribution in [0, 0.1) is 5.92 Å². The smallest absolute Gasteiger partial charge is 0.193 e. The second-order valence-electron chi connectivity index (χ2n) is 5.07. The van der Waals surface area contributed by atoms with Gasteiger partial charge in [0.05, 0.1) is 11.8 Å². The number of thiazole rings is 1. The molecule has 2 aromatic rings. The van der Waals surface area contributed by atoms with Crippen molar-refractivity contribution < 1.29 is 5.11 Å². The van der Waals surface area contributed by atoms with Crippen LogP contribution in [0.2, 0.25) is 0 Å². The van der Waals surface area contributed by atoms with Crippen LogP contribution in [0.15, 0.2) is 17.8 Å². The summed E-state index contributed by atoms with van der Waals surface area (Å²) in [7, 11) is 0. The van der Waals surface area contributed by atoms with E-state index >= 15 is 0 Å². The van der Waals surface area contributed by atoms with Crippen LogP contribution in [0.1, 0.15) is 37.8 Å². The molecule has 0 saturated heterocycles. The molecule has 1 saturated carbocycles. The number of aliphatic hydroxyl groups excluding tert-OH is 1. The van der Waals surface area contributed by atoms with Gasteiger partial charge in [-0.05, 0) is 12.3 Å². The molecule has 17 heavy (non-hydrogen) atoms. The van der Waals surface area contributed by atoms with Gasteiger partial charge in [-0.2, -0.15) is 0 Å². The highest BCUT2D eigenvalue weighted by atomic mass is 32.1. The second kappa shape index (κ2) is 4.78. The van der Waals surface area contributed by atoms with Crippen LogP contribution in [-0.2, 0) is 6.42 Å². The molecule has 1 fully saturated rings. The van der Waals surface area contributed by atoms with Crippen LogP contribution >= 0.6 is 11.3 Å². The first-order chi connectivity index (χ1) is 8.31. The van der Waals surface area contributed by atoms with E-state index in [1.807, 2.05) is 22.2 Å². The Morgan fingerprint density at radius 1 is 1.47 bits per heavy atom. The van der Waals surface area contributed by atoms with Crippen molar-refractivity contribution in [3.05, 3.63) is 23.5 Å². The van der Waals surface area contributed by atoms with E-state index in [1.54, 1.807) is 11.3 Å². The molecular formula is C13H18N2OS. The minimum atomic E-state index is -0.220. The zero-order valence-electron chi connectivity index (χ0n) is 9.88. The zero-order chi connectivity index (χ0) is 11.7. The molecular weight excluding hydrogens is 232 g/mol. The fourth-order valence-corrected chi connectivity index (χ4v) is 3.55. The van der Waals surface area contributed by atoms with Gasteiger partial charge in [0.2, 0.25) is 0 Å². The van der Waals surface area contributed by atoms with E-state index < -0.39 is 0 Å². The van der Waals surface area contributed by atoms with Gasteiger partial charge in [-0.15, -0.1) is 11.3 Å². The predicted octanol–water partition coefficient (Wildman–Crippen LogP) is 2.88. The second-order valence-corrected chi connectivity index (χ2v) is 5.94. The van der Waals surface area contributed by atoms with Gasteiger partial charge in [-0.25, -0.2) is 4.98 Å². The third-order valence-corrected chi connectivity index (χ3v) is 4.44. The van der Waals surface area contributed by atoms with Crippen molar-refractivity contribution in [3.8, 4) is 0 Å². The van der Waals surface area contributed by atoms with Crippen molar-refractivity contribution in [2.24, 2.45) is 5.92 Å². The summed E-state index contributed by atoms with van der Waals surface area (Å²) in [6.45, 7) is 0. The number of rotatable bonds is 4. The molecule has 0 aromatic carbocycles. The quantitative estimate of drug-likeness (QED) is 0.906. The van der Waals surface area contributed by atoms with E-state index in [-0.39, 0.29) is 6.10 Å². The normalized spacial score (nSPS) is 19.1. The van der Waals surface area contributed by atoms with E-state index in [2.05, 4.69) is 4.98 Å². The molecule has 1 unspecified atom stereocenters. The maximum Gasteiger partial charge on any atom is 0.193 e. The molecule has 0 radical (unpaired) electrons. The molecule has 4 heteroatoms. The molecule has 1 atom stereocenters. The summed E-state index contributed by atoms with van der Waals surface area (Å²) in [5.74, 6) is 0.744. The number of aromatic nitrogens is 2. The van der Waals surface area contributed by atoms with Gasteiger partial charge in [0.1, 0.15) is 0 Å². The van der Waals surface area contributed by atoms with E-state index in [0.29, 0.717) is 6.42 Å². The zero-order valence-corrected chi connectivity index (χ0v) is 10.7. The number of aliphatic hydroxyl groups is 1. The summed E-state index contributed by atoms with van der Waals surface area (Å²) in [6, 6.07) is 0. The summed E-state index contributed by atoms with van der Waals surface area (Å²) in [5, 5.41) is 12.1. The van der Waals surface area contributed by atoms with Gasteiger partial charge in [-0.1, -0.05) is 25.7 Å². The van der Waals surface area contributed by atoms with Gasteiger partial charge in [0.15, 0.2) is 4.96 Å². The fourth-order valence-electron chi connectivity index (χ4n) is 2.83. The van der Waals surface area contributed by atoms with Gasteiger partial charge < -0.3 is 5.11 Å². The first-order valence-corrected chi connectivity index (χ1v) is 7.28. The lowest BCUT2D eigenvalue weighted by atomic mass is 9.98. The Balaban J connectivity index is 1.60. The molecule has 3 rings (SSSR count). The topological polar surface area (TPSA) is 37.5 Å². The van der Waals surface area contributed by atoms with E-state index in [4.69, 9.17) is 0 Å². The fraction of sp³-hybridized carbons (Fsp3) is 0.615. The van der Waals surface area contributed by atoms with Crippen molar-refractivity contribution in [2.45, 2.75) is 44.6 Å². The molecule has 1 aliphatic carbocycles. The molecule has 2 heterocycles. The van der Waals surface area contributed by atoms with Crippen LogP contribution in [0.4, 0.5) is 0 Å². The van der Waals surface area contributed by atoms with Crippen LogP contribution in [0.25, 0.3) is 4.96 Å². The average molecular weight is 250 g/mol. The number of hydrogen-bond acceptors (Lipinski definition) is 3. The highest BCUT2D eigenvalue weighted by Crippen LogP contribution is 2.29. The first kappa shape index (κ1) is 11.2. The Bertz CT molecular complexity index is 456. The molecule has 1 aliphatic rings. The third kappa shape index (κ3) is 2.53. The Morgan fingerprint density at radius 2 is 2.29 bits per heavy atom. The molecule has 2 aromatic heterocycles. The van der Waals surface area contributed by atoms with Crippen LogP contribution in [0.3, 0.4) is 0 Å². The maximum atomic E-state index is 10.1. The monoisotopic (exact) mass is 250 g/mol. The molecule has 3 nitrogen and oxygen atoms in total. The van der Waals surface area contributed by atoms with Gasteiger partial charge in [-0.3, -0.25) is 4.40 Å². The minimum Gasteiger partial charge on any atom is -0.393 e. The highest BCUT2D eigenvalue weighted by molar-refractivity contribution is 7.15. The minimum absolute atomic E-state index is 0.220. The largest absolute Gasteiger partial charge is 0.393 e. The Labute approximate surface area is 105 Å². The molecule has 0 bridgehead atoms. The summed E-state index contributed by atoms with van der Waals surface area (Å²) >= 11 is 1.64. The Hall–Kier alpha value is -0.870. The number of fused-ring (bicyclic) bond motifs is 1.